The van der Waals surface area contributed by atoms with E-state index < -0.39 is 16.1 Å². The summed E-state index contributed by atoms with van der Waals surface area (Å²) in [4.78, 5) is 12.2. The monoisotopic (exact) mass is 378 g/mol. The van der Waals surface area contributed by atoms with E-state index in [0.29, 0.717) is 13.0 Å². The predicted octanol–water partition coefficient (Wildman–Crippen LogP) is 2.51. The second kappa shape index (κ2) is 8.91. The van der Waals surface area contributed by atoms with Crippen LogP contribution < -0.4 is 5.32 Å². The smallest absolute Gasteiger partial charge is 0.235 e. The molecular formula is C19H23FN2O3S. The molecule has 0 saturated carbocycles. The Morgan fingerprint density at radius 1 is 1.12 bits per heavy atom. The fourth-order valence-corrected chi connectivity index (χ4v) is 3.68. The fourth-order valence-electron chi connectivity index (χ4n) is 2.63. The quantitative estimate of drug-likeness (QED) is 0.768. The molecule has 5 nitrogen and oxygen atoms in total. The van der Waals surface area contributed by atoms with Gasteiger partial charge in [0.2, 0.25) is 15.9 Å². The standard InChI is InChI=1S/C19H23FN2O3S/c1-15(17-6-4-3-5-7-17)22(26(2,24)25)14-19(23)21-13-12-16-8-10-18(20)11-9-16/h3-11,15H,12-14H2,1-2H3,(H,21,23). The molecule has 0 spiro atoms. The van der Waals surface area contributed by atoms with Crippen LogP contribution >= 0.6 is 0 Å². The van der Waals surface area contributed by atoms with Crippen molar-refractivity contribution in [2.75, 3.05) is 19.3 Å². The molecule has 140 valence electrons. The minimum absolute atomic E-state index is 0.252. The van der Waals surface area contributed by atoms with Crippen LogP contribution in [0.25, 0.3) is 0 Å². The van der Waals surface area contributed by atoms with Crippen molar-refractivity contribution >= 4 is 15.9 Å². The van der Waals surface area contributed by atoms with Crippen LogP contribution in [0.3, 0.4) is 0 Å². The normalized spacial score (nSPS) is 12.8. The van der Waals surface area contributed by atoms with Gasteiger partial charge in [-0.3, -0.25) is 4.79 Å². The first-order chi connectivity index (χ1) is 12.3. The predicted molar refractivity (Wildman–Crippen MR) is 99.5 cm³/mol. The third-order valence-electron chi connectivity index (χ3n) is 4.09. The zero-order valence-electron chi connectivity index (χ0n) is 14.9. The van der Waals surface area contributed by atoms with E-state index in [4.69, 9.17) is 0 Å². The lowest BCUT2D eigenvalue weighted by molar-refractivity contribution is -0.121. The molecular weight excluding hydrogens is 355 g/mol. The Bertz CT molecular complexity index is 824. The van der Waals surface area contributed by atoms with E-state index in [0.717, 1.165) is 17.4 Å². The van der Waals surface area contributed by atoms with E-state index in [9.17, 15) is 17.6 Å². The highest BCUT2D eigenvalue weighted by Gasteiger charge is 2.26. The van der Waals surface area contributed by atoms with Gasteiger partial charge in [0, 0.05) is 12.6 Å². The number of amides is 1. The van der Waals surface area contributed by atoms with Crippen molar-refractivity contribution < 1.29 is 17.6 Å². The van der Waals surface area contributed by atoms with Crippen LogP contribution in [0.4, 0.5) is 4.39 Å². The van der Waals surface area contributed by atoms with Crippen molar-refractivity contribution in [1.29, 1.82) is 0 Å². The lowest BCUT2D eigenvalue weighted by atomic mass is 10.1. The molecule has 0 radical (unpaired) electrons. The first-order valence-corrected chi connectivity index (χ1v) is 10.1. The lowest BCUT2D eigenvalue weighted by Crippen LogP contribution is -2.42. The second-order valence-electron chi connectivity index (χ2n) is 6.12. The summed E-state index contributed by atoms with van der Waals surface area (Å²) in [6.45, 7) is 1.85. The summed E-state index contributed by atoms with van der Waals surface area (Å²) in [5.74, 6) is -0.684. The number of hydrogen-bond acceptors (Lipinski definition) is 3. The van der Waals surface area contributed by atoms with Gasteiger partial charge in [0.1, 0.15) is 5.82 Å². The third kappa shape index (κ3) is 5.93. The highest BCUT2D eigenvalue weighted by Crippen LogP contribution is 2.22. The number of rotatable bonds is 8. The SMILES string of the molecule is CC(c1ccccc1)N(CC(=O)NCCc1ccc(F)cc1)S(C)(=O)=O. The molecule has 0 heterocycles. The van der Waals surface area contributed by atoms with Gasteiger partial charge in [-0.15, -0.1) is 0 Å². The Labute approximate surface area is 153 Å². The molecule has 2 rings (SSSR count). The maximum absolute atomic E-state index is 12.9. The molecule has 0 saturated heterocycles. The van der Waals surface area contributed by atoms with Crippen LogP contribution in [0.1, 0.15) is 24.1 Å². The third-order valence-corrected chi connectivity index (χ3v) is 5.39. The van der Waals surface area contributed by atoms with Gasteiger partial charge < -0.3 is 5.32 Å². The molecule has 1 amide bonds. The largest absolute Gasteiger partial charge is 0.355 e. The molecule has 1 N–H and O–H groups in total. The molecule has 0 aliphatic carbocycles. The summed E-state index contributed by atoms with van der Waals surface area (Å²) in [5, 5.41) is 2.72. The van der Waals surface area contributed by atoms with E-state index in [1.807, 2.05) is 30.3 Å². The van der Waals surface area contributed by atoms with Gasteiger partial charge in [0.05, 0.1) is 12.8 Å². The molecule has 26 heavy (non-hydrogen) atoms. The molecule has 2 aromatic carbocycles. The van der Waals surface area contributed by atoms with Crippen LogP contribution in [0.15, 0.2) is 54.6 Å². The van der Waals surface area contributed by atoms with Crippen molar-refractivity contribution in [3.05, 3.63) is 71.5 Å². The van der Waals surface area contributed by atoms with Crippen molar-refractivity contribution in [2.45, 2.75) is 19.4 Å². The van der Waals surface area contributed by atoms with Crippen molar-refractivity contribution in [1.82, 2.24) is 9.62 Å². The number of carbonyl (C=O) groups is 1. The Hall–Kier alpha value is -2.25. The minimum atomic E-state index is -3.56. The lowest BCUT2D eigenvalue weighted by Gasteiger charge is -2.26. The molecule has 1 unspecified atom stereocenters. The van der Waals surface area contributed by atoms with Crippen LogP contribution in [0, 0.1) is 5.82 Å². The number of sulfonamides is 1. The first kappa shape index (κ1) is 20.1. The Kier molecular flexibility index (Phi) is 6.88. The Balaban J connectivity index is 1.95. The molecule has 0 bridgehead atoms. The number of carbonyl (C=O) groups excluding carboxylic acids is 1. The van der Waals surface area contributed by atoms with Gasteiger partial charge in [0.25, 0.3) is 0 Å². The summed E-state index contributed by atoms with van der Waals surface area (Å²) < 4.78 is 38.3. The maximum Gasteiger partial charge on any atom is 0.235 e. The van der Waals surface area contributed by atoms with Gasteiger partial charge in [0.15, 0.2) is 0 Å². The van der Waals surface area contributed by atoms with Crippen molar-refractivity contribution in [2.24, 2.45) is 0 Å². The van der Waals surface area contributed by atoms with Gasteiger partial charge in [-0.05, 0) is 36.6 Å². The molecule has 2 aromatic rings. The maximum atomic E-state index is 12.9. The van der Waals surface area contributed by atoms with Gasteiger partial charge in [-0.1, -0.05) is 42.5 Å². The second-order valence-corrected chi connectivity index (χ2v) is 8.06. The molecule has 7 heteroatoms. The topological polar surface area (TPSA) is 66.5 Å². The van der Waals surface area contributed by atoms with Crippen molar-refractivity contribution in [3.8, 4) is 0 Å². The molecule has 0 fully saturated rings. The summed E-state index contributed by atoms with van der Waals surface area (Å²) in [5.41, 5.74) is 1.71. The van der Waals surface area contributed by atoms with Gasteiger partial charge >= 0.3 is 0 Å². The summed E-state index contributed by atoms with van der Waals surface area (Å²) in [6, 6.07) is 14.8. The Morgan fingerprint density at radius 3 is 2.31 bits per heavy atom. The van der Waals surface area contributed by atoms with Crippen LogP contribution in [0.2, 0.25) is 0 Å². The van der Waals surface area contributed by atoms with Crippen molar-refractivity contribution in [3.63, 3.8) is 0 Å². The minimum Gasteiger partial charge on any atom is -0.355 e. The number of halogens is 1. The summed E-state index contributed by atoms with van der Waals surface area (Å²) >= 11 is 0. The van der Waals surface area contributed by atoms with E-state index in [1.165, 1.54) is 16.4 Å². The zero-order chi connectivity index (χ0) is 19.2. The highest BCUT2D eigenvalue weighted by molar-refractivity contribution is 7.88. The fraction of sp³-hybridized carbons (Fsp3) is 0.316. The van der Waals surface area contributed by atoms with E-state index >= 15 is 0 Å². The summed E-state index contributed by atoms with van der Waals surface area (Å²) in [6.07, 6.45) is 1.64. The number of nitrogens with one attached hydrogen (secondary N) is 1. The molecule has 1 atom stereocenters. The molecule has 0 aliphatic heterocycles. The number of benzene rings is 2. The number of hydrogen-bond donors (Lipinski definition) is 1. The number of nitrogens with zero attached hydrogens (tertiary/aromatic N) is 1. The highest BCUT2D eigenvalue weighted by atomic mass is 32.2. The Morgan fingerprint density at radius 2 is 1.73 bits per heavy atom. The van der Waals surface area contributed by atoms with Crippen LogP contribution in [-0.2, 0) is 21.2 Å². The van der Waals surface area contributed by atoms with Gasteiger partial charge in [-0.25, -0.2) is 12.8 Å². The van der Waals surface area contributed by atoms with Gasteiger partial charge in [-0.2, -0.15) is 4.31 Å². The van der Waals surface area contributed by atoms with Crippen LogP contribution in [0.5, 0.6) is 0 Å². The first-order valence-electron chi connectivity index (χ1n) is 8.30. The molecule has 0 aromatic heterocycles. The van der Waals surface area contributed by atoms with E-state index in [2.05, 4.69) is 5.32 Å². The van der Waals surface area contributed by atoms with E-state index in [-0.39, 0.29) is 18.3 Å². The van der Waals surface area contributed by atoms with E-state index in [1.54, 1.807) is 19.1 Å². The molecule has 0 aliphatic rings. The average Bonchev–Trinajstić information content (AvgIpc) is 2.60. The van der Waals surface area contributed by atoms with Crippen LogP contribution in [-0.4, -0.2) is 38.0 Å². The zero-order valence-corrected chi connectivity index (χ0v) is 15.7. The average molecular weight is 378 g/mol. The summed E-state index contributed by atoms with van der Waals surface area (Å²) in [7, 11) is -3.56.